The second kappa shape index (κ2) is 7.03. The first-order chi connectivity index (χ1) is 8.02. The van der Waals surface area contributed by atoms with Crippen LogP contribution in [0.15, 0.2) is 4.99 Å². The van der Waals surface area contributed by atoms with Crippen molar-refractivity contribution in [2.75, 3.05) is 6.54 Å². The van der Waals surface area contributed by atoms with Crippen LogP contribution in [-0.4, -0.2) is 12.4 Å². The van der Waals surface area contributed by atoms with Crippen LogP contribution in [0.2, 0.25) is 0 Å². The molecule has 2 nitrogen and oxygen atoms in total. The second-order valence-electron chi connectivity index (χ2n) is 6.25. The van der Waals surface area contributed by atoms with Gasteiger partial charge >= 0.3 is 0 Å². The summed E-state index contributed by atoms with van der Waals surface area (Å²) in [5.41, 5.74) is 6.15. The van der Waals surface area contributed by atoms with Crippen molar-refractivity contribution < 1.29 is 0 Å². The minimum Gasteiger partial charge on any atom is -0.387 e. The third kappa shape index (κ3) is 4.69. The van der Waals surface area contributed by atoms with E-state index in [1.807, 2.05) is 0 Å². The summed E-state index contributed by atoms with van der Waals surface area (Å²) >= 11 is 0. The summed E-state index contributed by atoms with van der Waals surface area (Å²) in [5.74, 6) is 3.55. The number of rotatable bonds is 5. The summed E-state index contributed by atoms with van der Waals surface area (Å²) < 4.78 is 0. The number of aliphatic imine (C=N–C) groups is 1. The molecular weight excluding hydrogens is 208 g/mol. The van der Waals surface area contributed by atoms with Crippen LogP contribution in [0.25, 0.3) is 0 Å². The van der Waals surface area contributed by atoms with Gasteiger partial charge in [0.15, 0.2) is 0 Å². The third-order valence-electron chi connectivity index (χ3n) is 4.22. The van der Waals surface area contributed by atoms with Crippen LogP contribution < -0.4 is 5.73 Å². The first kappa shape index (κ1) is 14.5. The Hall–Kier alpha value is -0.530. The Morgan fingerprint density at radius 1 is 1.06 bits per heavy atom. The van der Waals surface area contributed by atoms with Gasteiger partial charge < -0.3 is 5.73 Å². The molecule has 100 valence electrons. The maximum absolute atomic E-state index is 6.15. The van der Waals surface area contributed by atoms with Crippen LogP contribution in [0.1, 0.15) is 59.8 Å². The van der Waals surface area contributed by atoms with E-state index in [1.165, 1.54) is 32.1 Å². The lowest BCUT2D eigenvalue weighted by Crippen LogP contribution is -2.28. The Kier molecular flexibility index (Phi) is 6.01. The average Bonchev–Trinajstić information content (AvgIpc) is 2.29. The third-order valence-corrected chi connectivity index (χ3v) is 4.22. The van der Waals surface area contributed by atoms with Crippen molar-refractivity contribution in [2.45, 2.75) is 59.8 Å². The van der Waals surface area contributed by atoms with Gasteiger partial charge in [-0.25, -0.2) is 0 Å². The zero-order valence-electron chi connectivity index (χ0n) is 12.1. The number of hydrogen-bond acceptors (Lipinski definition) is 1. The summed E-state index contributed by atoms with van der Waals surface area (Å²) in [7, 11) is 0. The minimum absolute atomic E-state index is 0.573. The SMILES string of the molecule is CC(C)C(CN=C(N)C1CCCCC1)C(C)C. The van der Waals surface area contributed by atoms with Gasteiger partial charge in [0.05, 0.1) is 5.84 Å². The maximum atomic E-state index is 6.15. The molecule has 17 heavy (non-hydrogen) atoms. The van der Waals surface area contributed by atoms with E-state index in [-0.39, 0.29) is 0 Å². The molecular formula is C15H30N2. The molecule has 0 bridgehead atoms. The van der Waals surface area contributed by atoms with Gasteiger partial charge in [-0.2, -0.15) is 0 Å². The van der Waals surface area contributed by atoms with E-state index in [2.05, 4.69) is 32.7 Å². The van der Waals surface area contributed by atoms with E-state index < -0.39 is 0 Å². The fraction of sp³-hybridized carbons (Fsp3) is 0.933. The van der Waals surface area contributed by atoms with Crippen LogP contribution in [0.3, 0.4) is 0 Å². The number of nitrogens with zero attached hydrogens (tertiary/aromatic N) is 1. The van der Waals surface area contributed by atoms with E-state index >= 15 is 0 Å². The van der Waals surface area contributed by atoms with Gasteiger partial charge in [-0.15, -0.1) is 0 Å². The lowest BCUT2D eigenvalue weighted by molar-refractivity contribution is 0.297. The highest BCUT2D eigenvalue weighted by molar-refractivity contribution is 5.82. The second-order valence-corrected chi connectivity index (χ2v) is 6.25. The highest BCUT2D eigenvalue weighted by Crippen LogP contribution is 2.25. The highest BCUT2D eigenvalue weighted by atomic mass is 14.9. The van der Waals surface area contributed by atoms with Crippen LogP contribution in [0.4, 0.5) is 0 Å². The summed E-state index contributed by atoms with van der Waals surface area (Å²) in [4.78, 5) is 4.69. The van der Waals surface area contributed by atoms with Gasteiger partial charge in [-0.3, -0.25) is 4.99 Å². The van der Waals surface area contributed by atoms with E-state index in [0.29, 0.717) is 23.7 Å². The Balaban J connectivity index is 2.49. The smallest absolute Gasteiger partial charge is 0.0968 e. The molecule has 0 aromatic carbocycles. The first-order valence-corrected chi connectivity index (χ1v) is 7.32. The molecule has 0 saturated heterocycles. The van der Waals surface area contributed by atoms with Crippen LogP contribution in [0.5, 0.6) is 0 Å². The molecule has 1 rings (SSSR count). The molecule has 1 aliphatic carbocycles. The molecule has 0 unspecified atom stereocenters. The summed E-state index contributed by atoms with van der Waals surface area (Å²) in [6.45, 7) is 10.1. The molecule has 0 atom stereocenters. The Bertz CT molecular complexity index is 229. The van der Waals surface area contributed by atoms with Gasteiger partial charge in [0, 0.05) is 12.5 Å². The van der Waals surface area contributed by atoms with Crippen molar-refractivity contribution in [2.24, 2.45) is 34.4 Å². The molecule has 1 aliphatic rings. The molecule has 0 radical (unpaired) electrons. The molecule has 2 heteroatoms. The zero-order chi connectivity index (χ0) is 12.8. The summed E-state index contributed by atoms with van der Waals surface area (Å²) in [6.07, 6.45) is 6.55. The van der Waals surface area contributed by atoms with Gasteiger partial charge in [0.1, 0.15) is 0 Å². The monoisotopic (exact) mass is 238 g/mol. The molecule has 0 heterocycles. The van der Waals surface area contributed by atoms with Gasteiger partial charge in [-0.05, 0) is 30.6 Å². The highest BCUT2D eigenvalue weighted by Gasteiger charge is 2.19. The molecule has 0 aromatic rings. The molecule has 0 amide bonds. The summed E-state index contributed by atoms with van der Waals surface area (Å²) in [6, 6.07) is 0. The molecule has 0 spiro atoms. The van der Waals surface area contributed by atoms with Crippen molar-refractivity contribution >= 4 is 5.84 Å². The van der Waals surface area contributed by atoms with Gasteiger partial charge in [0.2, 0.25) is 0 Å². The van der Waals surface area contributed by atoms with E-state index in [9.17, 15) is 0 Å². The number of nitrogens with two attached hydrogens (primary N) is 1. The van der Waals surface area contributed by atoms with E-state index in [1.54, 1.807) is 0 Å². The molecule has 0 aliphatic heterocycles. The van der Waals surface area contributed by atoms with Crippen LogP contribution in [-0.2, 0) is 0 Å². The van der Waals surface area contributed by atoms with Crippen molar-refractivity contribution in [1.82, 2.24) is 0 Å². The average molecular weight is 238 g/mol. The van der Waals surface area contributed by atoms with Crippen LogP contribution >= 0.6 is 0 Å². The lowest BCUT2D eigenvalue weighted by Gasteiger charge is -2.25. The predicted molar refractivity (Wildman–Crippen MR) is 76.2 cm³/mol. The minimum atomic E-state index is 0.573. The van der Waals surface area contributed by atoms with Crippen molar-refractivity contribution in [3.05, 3.63) is 0 Å². The Morgan fingerprint density at radius 3 is 2.06 bits per heavy atom. The van der Waals surface area contributed by atoms with Crippen molar-refractivity contribution in [3.8, 4) is 0 Å². The van der Waals surface area contributed by atoms with Crippen molar-refractivity contribution in [1.29, 1.82) is 0 Å². The molecule has 2 N–H and O–H groups in total. The Morgan fingerprint density at radius 2 is 1.59 bits per heavy atom. The topological polar surface area (TPSA) is 38.4 Å². The van der Waals surface area contributed by atoms with Crippen molar-refractivity contribution in [3.63, 3.8) is 0 Å². The standard InChI is InChI=1S/C15H30N2/c1-11(2)14(12(3)4)10-17-15(16)13-8-6-5-7-9-13/h11-14H,5-10H2,1-4H3,(H2,16,17). The largest absolute Gasteiger partial charge is 0.387 e. The first-order valence-electron chi connectivity index (χ1n) is 7.32. The maximum Gasteiger partial charge on any atom is 0.0968 e. The Labute approximate surface area is 107 Å². The van der Waals surface area contributed by atoms with Crippen LogP contribution in [0, 0.1) is 23.7 Å². The lowest BCUT2D eigenvalue weighted by atomic mass is 9.85. The van der Waals surface area contributed by atoms with E-state index in [4.69, 9.17) is 5.73 Å². The fourth-order valence-electron chi connectivity index (χ4n) is 2.93. The number of hydrogen-bond donors (Lipinski definition) is 1. The molecule has 1 saturated carbocycles. The molecule has 1 fully saturated rings. The fourth-order valence-corrected chi connectivity index (χ4v) is 2.93. The van der Waals surface area contributed by atoms with Gasteiger partial charge in [0.25, 0.3) is 0 Å². The molecule has 0 aromatic heterocycles. The normalized spacial score (nSPS) is 19.6. The zero-order valence-corrected chi connectivity index (χ0v) is 12.1. The number of amidine groups is 1. The summed E-state index contributed by atoms with van der Waals surface area (Å²) in [5, 5.41) is 0. The van der Waals surface area contributed by atoms with Gasteiger partial charge in [-0.1, -0.05) is 47.0 Å². The predicted octanol–water partition coefficient (Wildman–Crippen LogP) is 3.85. The van der Waals surface area contributed by atoms with E-state index in [0.717, 1.165) is 12.4 Å². The quantitative estimate of drug-likeness (QED) is 0.573.